The van der Waals surface area contributed by atoms with Gasteiger partial charge in [0.25, 0.3) is 0 Å². The fourth-order valence-electron chi connectivity index (χ4n) is 2.14. The third-order valence-corrected chi connectivity index (χ3v) is 2.87. The van der Waals surface area contributed by atoms with Gasteiger partial charge in [-0.3, -0.25) is 0 Å². The maximum absolute atomic E-state index is 8.82. The van der Waals surface area contributed by atoms with Gasteiger partial charge in [-0.2, -0.15) is 0 Å². The Morgan fingerprint density at radius 2 is 2.31 bits per heavy atom. The van der Waals surface area contributed by atoms with Gasteiger partial charge in [-0.1, -0.05) is 13.8 Å². The number of aliphatic hydroxyl groups is 1. The molecule has 1 heterocycles. The van der Waals surface area contributed by atoms with Crippen molar-refractivity contribution in [2.24, 2.45) is 5.92 Å². The molecule has 3 nitrogen and oxygen atoms in total. The fourth-order valence-corrected chi connectivity index (χ4v) is 2.14. The minimum absolute atomic E-state index is 0.290. The lowest BCUT2D eigenvalue weighted by Gasteiger charge is -2.36. The highest BCUT2D eigenvalue weighted by atomic mass is 16.3. The third kappa shape index (κ3) is 3.25. The Hall–Kier alpha value is -0.120. The van der Waals surface area contributed by atoms with E-state index in [1.807, 2.05) is 0 Å². The molecule has 0 aromatic heterocycles. The molecule has 0 saturated carbocycles. The van der Waals surface area contributed by atoms with Crippen LogP contribution in [0.25, 0.3) is 0 Å². The number of aliphatic hydroxyl groups excluding tert-OH is 1. The van der Waals surface area contributed by atoms with Gasteiger partial charge in [0, 0.05) is 19.1 Å². The summed E-state index contributed by atoms with van der Waals surface area (Å²) in [6.45, 7) is 8.89. The summed E-state index contributed by atoms with van der Waals surface area (Å²) in [5.74, 6) is 0.709. The van der Waals surface area contributed by atoms with Crippen LogP contribution in [-0.4, -0.2) is 48.8 Å². The Balaban J connectivity index is 2.28. The predicted molar refractivity (Wildman–Crippen MR) is 54.8 cm³/mol. The molecule has 2 unspecified atom stereocenters. The number of likely N-dealkylation sites (tertiary alicyclic amines) is 1. The van der Waals surface area contributed by atoms with Crippen LogP contribution in [0, 0.1) is 5.92 Å². The number of rotatable bonds is 4. The van der Waals surface area contributed by atoms with Crippen LogP contribution < -0.4 is 5.32 Å². The lowest BCUT2D eigenvalue weighted by molar-refractivity contribution is 0.122. The molecule has 1 rings (SSSR count). The van der Waals surface area contributed by atoms with Gasteiger partial charge in [-0.15, -0.1) is 0 Å². The summed E-state index contributed by atoms with van der Waals surface area (Å²) in [7, 11) is 0. The minimum atomic E-state index is 0.290. The van der Waals surface area contributed by atoms with Gasteiger partial charge in [0.15, 0.2) is 0 Å². The second-order valence-corrected chi connectivity index (χ2v) is 3.95. The molecule has 2 atom stereocenters. The van der Waals surface area contributed by atoms with Crippen LogP contribution in [0.2, 0.25) is 0 Å². The van der Waals surface area contributed by atoms with E-state index in [9.17, 15) is 0 Å². The largest absolute Gasteiger partial charge is 0.395 e. The molecule has 0 aromatic carbocycles. The quantitative estimate of drug-likeness (QED) is 0.663. The molecule has 0 spiro atoms. The van der Waals surface area contributed by atoms with Gasteiger partial charge in [-0.05, 0) is 25.4 Å². The Morgan fingerprint density at radius 1 is 1.54 bits per heavy atom. The van der Waals surface area contributed by atoms with Crippen molar-refractivity contribution in [2.75, 3.05) is 32.8 Å². The molecule has 0 aliphatic carbocycles. The van der Waals surface area contributed by atoms with Crippen molar-refractivity contribution >= 4 is 0 Å². The summed E-state index contributed by atoms with van der Waals surface area (Å²) in [5.41, 5.74) is 0. The molecular weight excluding hydrogens is 164 g/mol. The molecule has 0 amide bonds. The highest BCUT2D eigenvalue weighted by Gasteiger charge is 2.24. The van der Waals surface area contributed by atoms with E-state index in [0.29, 0.717) is 18.6 Å². The summed E-state index contributed by atoms with van der Waals surface area (Å²) in [4.78, 5) is 2.35. The van der Waals surface area contributed by atoms with Crippen LogP contribution in [-0.2, 0) is 0 Å². The zero-order valence-electron chi connectivity index (χ0n) is 8.79. The molecule has 0 aromatic rings. The van der Waals surface area contributed by atoms with Crippen molar-refractivity contribution < 1.29 is 5.11 Å². The lowest BCUT2D eigenvalue weighted by Crippen LogP contribution is -2.48. The summed E-state index contributed by atoms with van der Waals surface area (Å²) in [5, 5.41) is 12.3. The van der Waals surface area contributed by atoms with E-state index in [-0.39, 0.29) is 0 Å². The smallest absolute Gasteiger partial charge is 0.0558 e. The summed E-state index contributed by atoms with van der Waals surface area (Å²) in [6, 6.07) is 0.681. The van der Waals surface area contributed by atoms with Gasteiger partial charge in [0.1, 0.15) is 0 Å². The highest BCUT2D eigenvalue weighted by molar-refractivity contribution is 4.82. The first kappa shape index (κ1) is 11.0. The van der Waals surface area contributed by atoms with Crippen LogP contribution in [0.3, 0.4) is 0 Å². The van der Waals surface area contributed by atoms with Gasteiger partial charge >= 0.3 is 0 Å². The van der Waals surface area contributed by atoms with E-state index < -0.39 is 0 Å². The second-order valence-electron chi connectivity index (χ2n) is 3.95. The van der Waals surface area contributed by atoms with Crippen molar-refractivity contribution in [1.82, 2.24) is 10.2 Å². The second kappa shape index (κ2) is 5.58. The third-order valence-electron chi connectivity index (χ3n) is 2.87. The van der Waals surface area contributed by atoms with Crippen LogP contribution >= 0.6 is 0 Å². The Bertz CT molecular complexity index is 141. The standard InChI is InChI=1S/C10H22N2O/c1-3-11-10-4-5-12(6-7-13)8-9(10)2/h9-11,13H,3-8H2,1-2H3. The number of hydrogen-bond acceptors (Lipinski definition) is 3. The van der Waals surface area contributed by atoms with E-state index >= 15 is 0 Å². The minimum Gasteiger partial charge on any atom is -0.395 e. The molecule has 0 radical (unpaired) electrons. The molecule has 1 aliphatic rings. The van der Waals surface area contributed by atoms with Gasteiger partial charge in [0.05, 0.1) is 6.61 Å². The number of nitrogens with zero attached hydrogens (tertiary/aromatic N) is 1. The predicted octanol–water partition coefficient (Wildman–Crippen LogP) is 0.299. The Labute approximate surface area is 81.1 Å². The molecule has 1 saturated heterocycles. The first-order chi connectivity index (χ1) is 6.27. The van der Waals surface area contributed by atoms with E-state index in [1.165, 1.54) is 6.42 Å². The normalized spacial score (nSPS) is 30.7. The van der Waals surface area contributed by atoms with Crippen molar-refractivity contribution in [3.63, 3.8) is 0 Å². The number of piperidine rings is 1. The van der Waals surface area contributed by atoms with Crippen molar-refractivity contribution in [3.8, 4) is 0 Å². The fraction of sp³-hybridized carbons (Fsp3) is 1.00. The van der Waals surface area contributed by atoms with E-state index in [1.54, 1.807) is 0 Å². The first-order valence-electron chi connectivity index (χ1n) is 5.34. The first-order valence-corrected chi connectivity index (χ1v) is 5.34. The van der Waals surface area contributed by atoms with Gasteiger partial charge in [0.2, 0.25) is 0 Å². The number of nitrogens with one attached hydrogen (secondary N) is 1. The van der Waals surface area contributed by atoms with Crippen LogP contribution in [0.15, 0.2) is 0 Å². The van der Waals surface area contributed by atoms with Crippen molar-refractivity contribution in [1.29, 1.82) is 0 Å². The SMILES string of the molecule is CCNC1CCN(CCO)CC1C. The molecule has 0 bridgehead atoms. The molecule has 2 N–H and O–H groups in total. The summed E-state index contributed by atoms with van der Waals surface area (Å²) < 4.78 is 0. The van der Waals surface area contributed by atoms with E-state index in [2.05, 4.69) is 24.1 Å². The van der Waals surface area contributed by atoms with E-state index in [0.717, 1.165) is 26.2 Å². The molecule has 1 fully saturated rings. The summed E-state index contributed by atoms with van der Waals surface area (Å²) in [6.07, 6.45) is 1.22. The zero-order chi connectivity index (χ0) is 9.68. The Morgan fingerprint density at radius 3 is 2.85 bits per heavy atom. The van der Waals surface area contributed by atoms with E-state index in [4.69, 9.17) is 5.11 Å². The number of β-amino-alcohol motifs (C(OH)–C–C–N with tert-alkyl or cyclic N) is 1. The average Bonchev–Trinajstić information content (AvgIpc) is 2.10. The molecule has 3 heteroatoms. The van der Waals surface area contributed by atoms with Crippen LogP contribution in [0.4, 0.5) is 0 Å². The van der Waals surface area contributed by atoms with Crippen LogP contribution in [0.5, 0.6) is 0 Å². The van der Waals surface area contributed by atoms with Crippen molar-refractivity contribution in [3.05, 3.63) is 0 Å². The lowest BCUT2D eigenvalue weighted by atomic mass is 9.94. The molecular formula is C10H22N2O. The van der Waals surface area contributed by atoms with Gasteiger partial charge < -0.3 is 15.3 Å². The molecule has 78 valence electrons. The zero-order valence-corrected chi connectivity index (χ0v) is 8.79. The van der Waals surface area contributed by atoms with Crippen molar-refractivity contribution in [2.45, 2.75) is 26.3 Å². The molecule has 13 heavy (non-hydrogen) atoms. The van der Waals surface area contributed by atoms with Gasteiger partial charge in [-0.25, -0.2) is 0 Å². The average molecular weight is 186 g/mol. The molecule has 1 aliphatic heterocycles. The van der Waals surface area contributed by atoms with Crippen LogP contribution in [0.1, 0.15) is 20.3 Å². The number of hydrogen-bond donors (Lipinski definition) is 2. The topological polar surface area (TPSA) is 35.5 Å². The monoisotopic (exact) mass is 186 g/mol. The summed E-state index contributed by atoms with van der Waals surface area (Å²) >= 11 is 0. The maximum Gasteiger partial charge on any atom is 0.0558 e. The maximum atomic E-state index is 8.82. The highest BCUT2D eigenvalue weighted by Crippen LogP contribution is 2.15. The Kier molecular flexibility index (Phi) is 4.70.